The van der Waals surface area contributed by atoms with Gasteiger partial charge in [-0.15, -0.1) is 0 Å². The third kappa shape index (κ3) is 4.55. The molecule has 3 heteroatoms. The van der Waals surface area contributed by atoms with Gasteiger partial charge in [-0.05, 0) is 31.0 Å². The van der Waals surface area contributed by atoms with E-state index < -0.39 is 0 Å². The molecule has 0 spiro atoms. The molecular formula is C13H20N2O. The van der Waals surface area contributed by atoms with E-state index in [0.717, 1.165) is 19.7 Å². The van der Waals surface area contributed by atoms with Crippen LogP contribution in [0.1, 0.15) is 18.1 Å². The van der Waals surface area contributed by atoms with Gasteiger partial charge in [-0.25, -0.2) is 0 Å². The van der Waals surface area contributed by atoms with Gasteiger partial charge in [0.1, 0.15) is 0 Å². The normalized spacial score (nSPS) is 11.8. The minimum absolute atomic E-state index is 0.749. The summed E-state index contributed by atoms with van der Waals surface area (Å²) in [7, 11) is 1.71. The van der Waals surface area contributed by atoms with Gasteiger partial charge in [0.2, 0.25) is 0 Å². The summed E-state index contributed by atoms with van der Waals surface area (Å²) < 4.78 is 4.97. The molecule has 0 radical (unpaired) electrons. The number of rotatable bonds is 6. The Morgan fingerprint density at radius 1 is 1.56 bits per heavy atom. The van der Waals surface area contributed by atoms with Crippen molar-refractivity contribution >= 4 is 6.08 Å². The molecule has 0 saturated heterocycles. The van der Waals surface area contributed by atoms with Crippen LogP contribution in [0.3, 0.4) is 0 Å². The highest BCUT2D eigenvalue weighted by molar-refractivity contribution is 5.55. The SMILES string of the molecule is COCCNC/C(C)=C/c1cnccc1C. The molecular weight excluding hydrogens is 200 g/mol. The lowest BCUT2D eigenvalue weighted by Gasteiger charge is -2.05. The second-order valence-electron chi connectivity index (χ2n) is 3.89. The first-order chi connectivity index (χ1) is 7.74. The molecule has 0 saturated carbocycles. The van der Waals surface area contributed by atoms with Crippen molar-refractivity contribution in [1.82, 2.24) is 10.3 Å². The van der Waals surface area contributed by atoms with Crippen LogP contribution in [0.25, 0.3) is 6.08 Å². The lowest BCUT2D eigenvalue weighted by Crippen LogP contribution is -2.20. The maximum absolute atomic E-state index is 4.97. The predicted octanol–water partition coefficient (Wildman–Crippen LogP) is 2.03. The highest BCUT2D eigenvalue weighted by atomic mass is 16.5. The summed E-state index contributed by atoms with van der Waals surface area (Å²) in [5, 5.41) is 3.31. The van der Waals surface area contributed by atoms with Gasteiger partial charge in [-0.1, -0.05) is 11.6 Å². The van der Waals surface area contributed by atoms with E-state index in [0.29, 0.717) is 0 Å². The maximum atomic E-state index is 4.97. The summed E-state index contributed by atoms with van der Waals surface area (Å²) >= 11 is 0. The Balaban J connectivity index is 2.47. The zero-order chi connectivity index (χ0) is 11.8. The number of pyridine rings is 1. The number of nitrogens with zero attached hydrogens (tertiary/aromatic N) is 1. The first-order valence-electron chi connectivity index (χ1n) is 5.51. The molecule has 0 aliphatic heterocycles. The van der Waals surface area contributed by atoms with Crippen LogP contribution in [0, 0.1) is 6.92 Å². The van der Waals surface area contributed by atoms with Gasteiger partial charge in [0.25, 0.3) is 0 Å². The number of ether oxygens (including phenoxy) is 1. The topological polar surface area (TPSA) is 34.1 Å². The van der Waals surface area contributed by atoms with Gasteiger partial charge in [-0.2, -0.15) is 0 Å². The lowest BCUT2D eigenvalue weighted by molar-refractivity contribution is 0.200. The molecule has 88 valence electrons. The molecule has 1 aromatic rings. The first kappa shape index (κ1) is 12.9. The largest absolute Gasteiger partial charge is 0.383 e. The Hall–Kier alpha value is -1.19. The van der Waals surface area contributed by atoms with Crippen LogP contribution in [0.4, 0.5) is 0 Å². The molecule has 0 fully saturated rings. The fraction of sp³-hybridized carbons (Fsp3) is 0.462. The minimum atomic E-state index is 0.749. The zero-order valence-electron chi connectivity index (χ0n) is 10.3. The van der Waals surface area contributed by atoms with E-state index in [9.17, 15) is 0 Å². The van der Waals surface area contributed by atoms with E-state index in [2.05, 4.69) is 30.2 Å². The molecule has 1 N–H and O–H groups in total. The van der Waals surface area contributed by atoms with Crippen molar-refractivity contribution in [2.24, 2.45) is 0 Å². The van der Waals surface area contributed by atoms with Crippen LogP contribution in [-0.2, 0) is 4.74 Å². The van der Waals surface area contributed by atoms with Crippen LogP contribution in [0.5, 0.6) is 0 Å². The third-order valence-electron chi connectivity index (χ3n) is 2.37. The maximum Gasteiger partial charge on any atom is 0.0587 e. The molecule has 0 aromatic carbocycles. The number of aryl methyl sites for hydroxylation is 1. The van der Waals surface area contributed by atoms with Crippen molar-refractivity contribution in [2.45, 2.75) is 13.8 Å². The first-order valence-corrected chi connectivity index (χ1v) is 5.51. The lowest BCUT2D eigenvalue weighted by atomic mass is 10.1. The summed E-state index contributed by atoms with van der Waals surface area (Å²) in [4.78, 5) is 4.12. The number of nitrogens with one attached hydrogen (secondary N) is 1. The van der Waals surface area contributed by atoms with Gasteiger partial charge >= 0.3 is 0 Å². The monoisotopic (exact) mass is 220 g/mol. The van der Waals surface area contributed by atoms with E-state index in [1.807, 2.05) is 18.5 Å². The zero-order valence-corrected chi connectivity index (χ0v) is 10.3. The van der Waals surface area contributed by atoms with Crippen LogP contribution in [0.2, 0.25) is 0 Å². The smallest absolute Gasteiger partial charge is 0.0587 e. The van der Waals surface area contributed by atoms with E-state index in [4.69, 9.17) is 4.74 Å². The van der Waals surface area contributed by atoms with Crippen LogP contribution in [0.15, 0.2) is 24.0 Å². The number of hydrogen-bond acceptors (Lipinski definition) is 3. The molecule has 3 nitrogen and oxygen atoms in total. The van der Waals surface area contributed by atoms with E-state index in [1.165, 1.54) is 16.7 Å². The molecule has 0 aliphatic rings. The Morgan fingerprint density at radius 2 is 2.38 bits per heavy atom. The Labute approximate surface area is 97.5 Å². The fourth-order valence-corrected chi connectivity index (χ4v) is 1.40. The highest BCUT2D eigenvalue weighted by Crippen LogP contribution is 2.09. The van der Waals surface area contributed by atoms with E-state index in [1.54, 1.807) is 7.11 Å². The van der Waals surface area contributed by atoms with Crippen LogP contribution in [-0.4, -0.2) is 31.8 Å². The van der Waals surface area contributed by atoms with Gasteiger partial charge < -0.3 is 10.1 Å². The standard InChI is InChI=1S/C13H20N2O/c1-11(9-15-6-7-16-3)8-13-10-14-5-4-12(13)2/h4-5,8,10,15H,6-7,9H2,1-3H3/b11-8+. The Morgan fingerprint density at radius 3 is 3.06 bits per heavy atom. The van der Waals surface area contributed by atoms with Crippen molar-refractivity contribution in [3.8, 4) is 0 Å². The quantitative estimate of drug-likeness (QED) is 0.745. The Kier molecular flexibility index (Phi) is 5.75. The summed E-state index contributed by atoms with van der Waals surface area (Å²) in [5.74, 6) is 0. The molecule has 16 heavy (non-hydrogen) atoms. The summed E-state index contributed by atoms with van der Waals surface area (Å²) in [6.07, 6.45) is 5.88. The highest BCUT2D eigenvalue weighted by Gasteiger charge is 1.95. The molecule has 0 aliphatic carbocycles. The van der Waals surface area contributed by atoms with Gasteiger partial charge in [0.15, 0.2) is 0 Å². The average molecular weight is 220 g/mol. The van der Waals surface area contributed by atoms with Crippen molar-refractivity contribution in [1.29, 1.82) is 0 Å². The second-order valence-corrected chi connectivity index (χ2v) is 3.89. The summed E-state index contributed by atoms with van der Waals surface area (Å²) in [5.41, 5.74) is 3.74. The molecule has 1 aromatic heterocycles. The molecule has 1 heterocycles. The Bertz CT molecular complexity index is 348. The molecule has 1 rings (SSSR count). The molecule has 0 unspecified atom stereocenters. The molecule has 0 amide bonds. The third-order valence-corrected chi connectivity index (χ3v) is 2.37. The van der Waals surface area contributed by atoms with Crippen LogP contribution >= 0.6 is 0 Å². The van der Waals surface area contributed by atoms with Gasteiger partial charge in [-0.3, -0.25) is 4.98 Å². The number of hydrogen-bond donors (Lipinski definition) is 1. The summed E-state index contributed by atoms with van der Waals surface area (Å²) in [6, 6.07) is 2.03. The van der Waals surface area contributed by atoms with E-state index >= 15 is 0 Å². The fourth-order valence-electron chi connectivity index (χ4n) is 1.40. The number of aromatic nitrogens is 1. The average Bonchev–Trinajstić information content (AvgIpc) is 2.28. The summed E-state index contributed by atoms with van der Waals surface area (Å²) in [6.45, 7) is 6.73. The molecule has 0 bridgehead atoms. The van der Waals surface area contributed by atoms with E-state index in [-0.39, 0.29) is 0 Å². The van der Waals surface area contributed by atoms with Crippen molar-refractivity contribution in [2.75, 3.05) is 26.8 Å². The van der Waals surface area contributed by atoms with Crippen molar-refractivity contribution < 1.29 is 4.74 Å². The predicted molar refractivity (Wildman–Crippen MR) is 67.4 cm³/mol. The minimum Gasteiger partial charge on any atom is -0.383 e. The van der Waals surface area contributed by atoms with Crippen molar-refractivity contribution in [3.05, 3.63) is 35.2 Å². The van der Waals surface area contributed by atoms with Gasteiger partial charge in [0.05, 0.1) is 6.61 Å². The van der Waals surface area contributed by atoms with Crippen LogP contribution < -0.4 is 5.32 Å². The number of methoxy groups -OCH3 is 1. The van der Waals surface area contributed by atoms with Crippen molar-refractivity contribution in [3.63, 3.8) is 0 Å². The van der Waals surface area contributed by atoms with Gasteiger partial charge in [0, 0.05) is 32.6 Å². The molecule has 0 atom stereocenters. The second kappa shape index (κ2) is 7.14.